The second-order valence-corrected chi connectivity index (χ2v) is 6.31. The molecule has 0 saturated carbocycles. The second kappa shape index (κ2) is 7.50. The number of hydrogen-bond acceptors (Lipinski definition) is 6. The highest BCUT2D eigenvalue weighted by Gasteiger charge is 2.07. The van der Waals surface area contributed by atoms with Gasteiger partial charge in [-0.2, -0.15) is 0 Å². The number of rotatable bonds is 6. The van der Waals surface area contributed by atoms with Gasteiger partial charge in [-0.25, -0.2) is 0 Å². The number of nitrogen functional groups attached to an aromatic ring is 1. The first kappa shape index (κ1) is 16.5. The molecule has 0 radical (unpaired) electrons. The topological polar surface area (TPSA) is 90.9 Å². The number of hydrogen-bond donors (Lipinski definition) is 2. The number of nitrogens with two attached hydrogens (primary N) is 1. The van der Waals surface area contributed by atoms with Crippen LogP contribution in [0.25, 0.3) is 0 Å². The molecule has 0 saturated heterocycles. The minimum atomic E-state index is 0.186. The SMILES string of the molecule is Nc1nnnn1NCc1cc(Br)ccc1OCc1cccc(Cl)c1. The fraction of sp³-hybridized carbons (Fsp3) is 0.133. The Labute approximate surface area is 151 Å². The monoisotopic (exact) mass is 408 g/mol. The van der Waals surface area contributed by atoms with E-state index in [1.807, 2.05) is 42.5 Å². The van der Waals surface area contributed by atoms with Gasteiger partial charge in [0, 0.05) is 15.1 Å². The average molecular weight is 410 g/mol. The molecule has 0 amide bonds. The zero-order valence-electron chi connectivity index (χ0n) is 12.5. The first-order valence-electron chi connectivity index (χ1n) is 7.05. The van der Waals surface area contributed by atoms with Gasteiger partial charge in [0.05, 0.1) is 6.54 Å². The van der Waals surface area contributed by atoms with Crippen molar-refractivity contribution in [2.24, 2.45) is 0 Å². The Balaban J connectivity index is 1.71. The van der Waals surface area contributed by atoms with Crippen LogP contribution in [0.5, 0.6) is 5.75 Å². The molecule has 3 aromatic rings. The van der Waals surface area contributed by atoms with Crippen molar-refractivity contribution >= 4 is 33.5 Å². The Kier molecular flexibility index (Phi) is 5.17. The maximum atomic E-state index is 6.00. The third kappa shape index (κ3) is 4.15. The van der Waals surface area contributed by atoms with E-state index in [0.717, 1.165) is 21.3 Å². The quantitative estimate of drug-likeness (QED) is 0.650. The van der Waals surface area contributed by atoms with Crippen LogP contribution in [0.4, 0.5) is 5.95 Å². The molecular weight excluding hydrogens is 396 g/mol. The van der Waals surface area contributed by atoms with Crippen LogP contribution in [0, 0.1) is 0 Å². The minimum absolute atomic E-state index is 0.186. The number of aromatic nitrogens is 4. The maximum Gasteiger partial charge on any atom is 0.260 e. The molecule has 0 unspecified atom stereocenters. The largest absolute Gasteiger partial charge is 0.489 e. The molecule has 7 nitrogen and oxygen atoms in total. The Morgan fingerprint density at radius 1 is 1.25 bits per heavy atom. The number of halogens is 2. The van der Waals surface area contributed by atoms with Crippen molar-refractivity contribution in [3.63, 3.8) is 0 Å². The van der Waals surface area contributed by atoms with Crippen molar-refractivity contribution in [3.05, 3.63) is 63.1 Å². The normalized spacial score (nSPS) is 10.6. The van der Waals surface area contributed by atoms with Crippen LogP contribution in [0.1, 0.15) is 11.1 Å². The lowest BCUT2D eigenvalue weighted by Crippen LogP contribution is -2.18. The third-order valence-corrected chi connectivity index (χ3v) is 3.95. The van der Waals surface area contributed by atoms with E-state index in [4.69, 9.17) is 22.1 Å². The van der Waals surface area contributed by atoms with E-state index >= 15 is 0 Å². The molecule has 0 spiro atoms. The van der Waals surface area contributed by atoms with E-state index < -0.39 is 0 Å². The fourth-order valence-electron chi connectivity index (χ4n) is 2.08. The Hall–Kier alpha value is -2.32. The minimum Gasteiger partial charge on any atom is -0.489 e. The Morgan fingerprint density at radius 3 is 2.88 bits per heavy atom. The van der Waals surface area contributed by atoms with Crippen LogP contribution in [-0.4, -0.2) is 20.3 Å². The summed E-state index contributed by atoms with van der Waals surface area (Å²) in [5.41, 5.74) is 10.6. The van der Waals surface area contributed by atoms with Crippen LogP contribution in [-0.2, 0) is 13.2 Å². The number of anilines is 1. The summed E-state index contributed by atoms with van der Waals surface area (Å²) in [5.74, 6) is 0.934. The molecule has 0 aliphatic carbocycles. The molecular formula is C15H14BrClN6O. The molecule has 3 rings (SSSR count). The first-order valence-corrected chi connectivity index (χ1v) is 8.22. The van der Waals surface area contributed by atoms with Crippen molar-refractivity contribution in [1.29, 1.82) is 0 Å². The van der Waals surface area contributed by atoms with Crippen molar-refractivity contribution in [2.75, 3.05) is 11.2 Å². The smallest absolute Gasteiger partial charge is 0.260 e. The zero-order chi connectivity index (χ0) is 16.9. The summed E-state index contributed by atoms with van der Waals surface area (Å²) in [6, 6.07) is 13.3. The van der Waals surface area contributed by atoms with Gasteiger partial charge in [-0.3, -0.25) is 0 Å². The molecule has 0 aliphatic heterocycles. The molecule has 9 heteroatoms. The predicted octanol–water partition coefficient (Wildman–Crippen LogP) is 2.99. The van der Waals surface area contributed by atoms with Crippen LogP contribution < -0.4 is 15.9 Å². The van der Waals surface area contributed by atoms with Crippen molar-refractivity contribution in [3.8, 4) is 5.75 Å². The summed E-state index contributed by atoms with van der Waals surface area (Å²) in [6.07, 6.45) is 0. The van der Waals surface area contributed by atoms with Crippen LogP contribution in [0.15, 0.2) is 46.9 Å². The lowest BCUT2D eigenvalue weighted by Gasteiger charge is -2.13. The molecule has 2 aromatic carbocycles. The van der Waals surface area contributed by atoms with Crippen LogP contribution in [0.3, 0.4) is 0 Å². The van der Waals surface area contributed by atoms with Gasteiger partial charge in [0.15, 0.2) is 0 Å². The molecule has 124 valence electrons. The standard InChI is InChI=1S/C15H14BrClN6O/c16-12-4-5-14(24-9-10-2-1-3-13(17)6-10)11(7-12)8-19-23-15(18)20-21-22-23/h1-7,19H,8-9H2,(H2,18,20,22). The highest BCUT2D eigenvalue weighted by molar-refractivity contribution is 9.10. The van der Waals surface area contributed by atoms with E-state index in [1.54, 1.807) is 0 Å². The molecule has 1 heterocycles. The van der Waals surface area contributed by atoms with Gasteiger partial charge in [0.1, 0.15) is 12.4 Å². The van der Waals surface area contributed by atoms with E-state index in [9.17, 15) is 0 Å². The number of nitrogens with one attached hydrogen (secondary N) is 1. The van der Waals surface area contributed by atoms with Gasteiger partial charge in [0.25, 0.3) is 5.95 Å². The number of tetrazole rings is 1. The fourth-order valence-corrected chi connectivity index (χ4v) is 2.70. The van der Waals surface area contributed by atoms with E-state index in [-0.39, 0.29) is 5.95 Å². The van der Waals surface area contributed by atoms with Crippen LogP contribution >= 0.6 is 27.5 Å². The second-order valence-electron chi connectivity index (χ2n) is 4.95. The molecule has 1 aromatic heterocycles. The molecule has 0 aliphatic rings. The summed E-state index contributed by atoms with van der Waals surface area (Å²) >= 11 is 9.46. The van der Waals surface area contributed by atoms with Gasteiger partial charge >= 0.3 is 0 Å². The summed E-state index contributed by atoms with van der Waals surface area (Å²) < 4.78 is 6.87. The first-order chi connectivity index (χ1) is 11.6. The molecule has 24 heavy (non-hydrogen) atoms. The summed E-state index contributed by atoms with van der Waals surface area (Å²) in [7, 11) is 0. The highest BCUT2D eigenvalue weighted by atomic mass is 79.9. The van der Waals surface area contributed by atoms with Gasteiger partial charge in [-0.15, -0.1) is 4.79 Å². The van der Waals surface area contributed by atoms with E-state index in [0.29, 0.717) is 18.2 Å². The van der Waals surface area contributed by atoms with Crippen LogP contribution in [0.2, 0.25) is 5.02 Å². The number of ether oxygens (including phenoxy) is 1. The summed E-state index contributed by atoms with van der Waals surface area (Å²) in [4.78, 5) is 1.31. The van der Waals surface area contributed by atoms with Crippen molar-refractivity contribution in [1.82, 2.24) is 20.3 Å². The Morgan fingerprint density at radius 2 is 2.12 bits per heavy atom. The third-order valence-electron chi connectivity index (χ3n) is 3.22. The predicted molar refractivity (Wildman–Crippen MR) is 95.2 cm³/mol. The number of benzene rings is 2. The zero-order valence-corrected chi connectivity index (χ0v) is 14.8. The van der Waals surface area contributed by atoms with E-state index in [1.165, 1.54) is 4.79 Å². The van der Waals surface area contributed by atoms with Crippen molar-refractivity contribution in [2.45, 2.75) is 13.2 Å². The van der Waals surface area contributed by atoms with Crippen molar-refractivity contribution < 1.29 is 4.74 Å². The van der Waals surface area contributed by atoms with Gasteiger partial charge < -0.3 is 15.9 Å². The van der Waals surface area contributed by atoms with E-state index in [2.05, 4.69) is 36.9 Å². The van der Waals surface area contributed by atoms with Gasteiger partial charge in [-0.05, 0) is 46.3 Å². The molecule has 0 fully saturated rings. The number of nitrogens with zero attached hydrogens (tertiary/aromatic N) is 4. The lowest BCUT2D eigenvalue weighted by molar-refractivity contribution is 0.303. The highest BCUT2D eigenvalue weighted by Crippen LogP contribution is 2.24. The summed E-state index contributed by atoms with van der Waals surface area (Å²) in [5, 5.41) is 11.5. The lowest BCUT2D eigenvalue weighted by atomic mass is 10.2. The molecule has 0 bridgehead atoms. The van der Waals surface area contributed by atoms with Gasteiger partial charge in [0.2, 0.25) is 0 Å². The summed E-state index contributed by atoms with van der Waals surface area (Å²) in [6.45, 7) is 0.863. The maximum absolute atomic E-state index is 6.00. The molecule has 0 atom stereocenters. The molecule has 3 N–H and O–H groups in total. The average Bonchev–Trinajstić information content (AvgIpc) is 2.97. The van der Waals surface area contributed by atoms with Gasteiger partial charge in [-0.1, -0.05) is 44.8 Å². The Bertz CT molecular complexity index is 840.